The lowest BCUT2D eigenvalue weighted by atomic mass is 10.2. The minimum Gasteiger partial charge on any atom is -0.508 e. The first-order valence-corrected chi connectivity index (χ1v) is 6.91. The highest BCUT2D eigenvalue weighted by Crippen LogP contribution is 2.24. The van der Waals surface area contributed by atoms with Gasteiger partial charge in [0, 0.05) is 16.1 Å². The molecule has 0 heterocycles. The Hall–Kier alpha value is -1.94. The predicted octanol–water partition coefficient (Wildman–Crippen LogP) is 3.43. The van der Waals surface area contributed by atoms with E-state index in [-0.39, 0.29) is 11.7 Å². The lowest BCUT2D eigenvalue weighted by Gasteiger charge is -2.09. The van der Waals surface area contributed by atoms with E-state index in [9.17, 15) is 9.90 Å². The summed E-state index contributed by atoms with van der Waals surface area (Å²) in [7, 11) is 0. The van der Waals surface area contributed by atoms with E-state index in [0.29, 0.717) is 17.0 Å². The number of amides is 1. The van der Waals surface area contributed by atoms with Crippen molar-refractivity contribution in [3.8, 4) is 5.75 Å². The molecule has 0 spiro atoms. The smallest absolute Gasteiger partial charge is 0.234 e. The highest BCUT2D eigenvalue weighted by Gasteiger charge is 2.07. The molecule has 0 aliphatic carbocycles. The van der Waals surface area contributed by atoms with E-state index >= 15 is 0 Å². The summed E-state index contributed by atoms with van der Waals surface area (Å²) in [6, 6.07) is 14.9. The van der Waals surface area contributed by atoms with E-state index < -0.39 is 0 Å². The van der Waals surface area contributed by atoms with Crippen LogP contribution in [0.2, 0.25) is 0 Å². The van der Waals surface area contributed by atoms with Gasteiger partial charge in [-0.2, -0.15) is 0 Å². The number of hydrogen-bond acceptors (Lipinski definition) is 3. The summed E-state index contributed by atoms with van der Waals surface area (Å²) in [4.78, 5) is 12.9. The average molecular weight is 273 g/mol. The molecule has 3 nitrogen and oxygen atoms in total. The maximum absolute atomic E-state index is 11.8. The quantitative estimate of drug-likeness (QED) is 0.839. The summed E-state index contributed by atoms with van der Waals surface area (Å²) >= 11 is 1.48. The van der Waals surface area contributed by atoms with Crippen molar-refractivity contribution < 1.29 is 9.90 Å². The number of phenols is 1. The number of anilines is 1. The van der Waals surface area contributed by atoms with Crippen LogP contribution in [0.25, 0.3) is 0 Å². The minimum absolute atomic E-state index is 0.0810. The van der Waals surface area contributed by atoms with Gasteiger partial charge in [0.05, 0.1) is 5.75 Å². The highest BCUT2D eigenvalue weighted by molar-refractivity contribution is 8.00. The van der Waals surface area contributed by atoms with Crippen LogP contribution in [0.5, 0.6) is 5.75 Å². The third-order valence-corrected chi connectivity index (χ3v) is 3.70. The molecular weight excluding hydrogens is 258 g/mol. The van der Waals surface area contributed by atoms with Crippen LogP contribution in [0.15, 0.2) is 53.4 Å². The van der Waals surface area contributed by atoms with Crippen molar-refractivity contribution in [2.24, 2.45) is 0 Å². The van der Waals surface area contributed by atoms with Gasteiger partial charge in [-0.05, 0) is 31.2 Å². The Kier molecular flexibility index (Phi) is 4.47. The van der Waals surface area contributed by atoms with Crippen molar-refractivity contribution >= 4 is 23.4 Å². The molecule has 0 unspecified atom stereocenters. The Morgan fingerprint density at radius 3 is 2.63 bits per heavy atom. The van der Waals surface area contributed by atoms with Crippen LogP contribution < -0.4 is 5.32 Å². The molecule has 19 heavy (non-hydrogen) atoms. The third-order valence-electron chi connectivity index (χ3n) is 2.69. The van der Waals surface area contributed by atoms with Crippen molar-refractivity contribution in [1.82, 2.24) is 0 Å². The predicted molar refractivity (Wildman–Crippen MR) is 78.6 cm³/mol. The molecular formula is C15H15NO2S. The van der Waals surface area contributed by atoms with Crippen LogP contribution in [-0.2, 0) is 4.79 Å². The molecule has 4 heteroatoms. The van der Waals surface area contributed by atoms with Gasteiger partial charge in [0.15, 0.2) is 0 Å². The molecule has 0 saturated carbocycles. The Morgan fingerprint density at radius 2 is 1.89 bits per heavy atom. The first kappa shape index (κ1) is 13.5. The number of benzene rings is 2. The molecule has 1 amide bonds. The van der Waals surface area contributed by atoms with Gasteiger partial charge in [0.25, 0.3) is 0 Å². The number of carbonyl (C=O) groups is 1. The maximum atomic E-state index is 11.8. The van der Waals surface area contributed by atoms with Crippen LogP contribution >= 0.6 is 11.8 Å². The number of carbonyl (C=O) groups excluding carboxylic acids is 1. The summed E-state index contributed by atoms with van der Waals surface area (Å²) in [5.74, 6) is 0.454. The van der Waals surface area contributed by atoms with Gasteiger partial charge >= 0.3 is 0 Å². The Labute approximate surface area is 116 Å². The van der Waals surface area contributed by atoms with Crippen LogP contribution in [0.3, 0.4) is 0 Å². The number of hydrogen-bond donors (Lipinski definition) is 2. The zero-order valence-corrected chi connectivity index (χ0v) is 11.4. The van der Waals surface area contributed by atoms with Crippen molar-refractivity contribution in [3.63, 3.8) is 0 Å². The first-order valence-electron chi connectivity index (χ1n) is 5.93. The molecule has 2 N–H and O–H groups in total. The zero-order chi connectivity index (χ0) is 13.7. The second kappa shape index (κ2) is 6.29. The van der Waals surface area contributed by atoms with Gasteiger partial charge < -0.3 is 10.4 Å². The molecule has 0 saturated heterocycles. The van der Waals surface area contributed by atoms with Gasteiger partial charge in [0.2, 0.25) is 5.91 Å². The molecule has 2 aromatic carbocycles. The second-order valence-electron chi connectivity index (χ2n) is 4.10. The van der Waals surface area contributed by atoms with Crippen molar-refractivity contribution in [2.75, 3.05) is 11.1 Å². The maximum Gasteiger partial charge on any atom is 0.234 e. The lowest BCUT2D eigenvalue weighted by Crippen LogP contribution is -2.14. The normalized spacial score (nSPS) is 10.2. The molecule has 98 valence electrons. The summed E-state index contributed by atoms with van der Waals surface area (Å²) < 4.78 is 0. The molecule has 0 aliphatic rings. The van der Waals surface area contributed by atoms with E-state index in [4.69, 9.17) is 0 Å². The van der Waals surface area contributed by atoms with Crippen molar-refractivity contribution in [1.29, 1.82) is 0 Å². The van der Waals surface area contributed by atoms with Gasteiger partial charge in [-0.1, -0.05) is 24.3 Å². The Balaban J connectivity index is 1.93. The number of aromatic hydroxyl groups is 1. The van der Waals surface area contributed by atoms with Crippen molar-refractivity contribution in [3.05, 3.63) is 54.1 Å². The fraction of sp³-hybridized carbons (Fsp3) is 0.133. The monoisotopic (exact) mass is 273 g/mol. The Bertz CT molecular complexity index is 570. The standard InChI is InChI=1S/C15H15NO2S/c1-11-13(8-5-9-14(11)17)16-15(18)10-19-12-6-3-2-4-7-12/h2-9,17H,10H2,1H3,(H,16,18). The summed E-state index contributed by atoms with van der Waals surface area (Å²) in [5.41, 5.74) is 1.33. The summed E-state index contributed by atoms with van der Waals surface area (Å²) in [6.07, 6.45) is 0. The fourth-order valence-corrected chi connectivity index (χ4v) is 2.33. The van der Waals surface area contributed by atoms with Crippen LogP contribution in [0.1, 0.15) is 5.56 Å². The molecule has 0 aromatic heterocycles. The SMILES string of the molecule is Cc1c(O)cccc1NC(=O)CSc1ccccc1. The summed E-state index contributed by atoms with van der Waals surface area (Å²) in [5, 5.41) is 12.4. The van der Waals surface area contributed by atoms with Gasteiger partial charge in [0.1, 0.15) is 5.75 Å². The van der Waals surface area contributed by atoms with E-state index in [1.807, 2.05) is 30.3 Å². The fourth-order valence-electron chi connectivity index (χ4n) is 1.61. The first-order chi connectivity index (χ1) is 9.16. The third kappa shape index (κ3) is 3.76. The van der Waals surface area contributed by atoms with E-state index in [1.165, 1.54) is 11.8 Å². The summed E-state index contributed by atoms with van der Waals surface area (Å²) in [6.45, 7) is 1.77. The van der Waals surface area contributed by atoms with Gasteiger partial charge in [-0.3, -0.25) is 4.79 Å². The Morgan fingerprint density at radius 1 is 1.16 bits per heavy atom. The van der Waals surface area contributed by atoms with Crippen LogP contribution in [-0.4, -0.2) is 16.8 Å². The zero-order valence-electron chi connectivity index (χ0n) is 10.6. The number of rotatable bonds is 4. The topological polar surface area (TPSA) is 49.3 Å². The van der Waals surface area contributed by atoms with Crippen LogP contribution in [0, 0.1) is 6.92 Å². The molecule has 0 fully saturated rings. The highest BCUT2D eigenvalue weighted by atomic mass is 32.2. The van der Waals surface area contributed by atoms with Crippen LogP contribution in [0.4, 0.5) is 5.69 Å². The average Bonchev–Trinajstić information content (AvgIpc) is 2.43. The van der Waals surface area contributed by atoms with E-state index in [1.54, 1.807) is 25.1 Å². The van der Waals surface area contributed by atoms with Gasteiger partial charge in [-0.25, -0.2) is 0 Å². The largest absolute Gasteiger partial charge is 0.508 e. The lowest BCUT2D eigenvalue weighted by molar-refractivity contribution is -0.113. The second-order valence-corrected chi connectivity index (χ2v) is 5.15. The molecule has 2 aromatic rings. The molecule has 0 aliphatic heterocycles. The molecule has 2 rings (SSSR count). The number of thioether (sulfide) groups is 1. The molecule has 0 bridgehead atoms. The molecule has 0 radical (unpaired) electrons. The number of phenolic OH excluding ortho intramolecular Hbond substituents is 1. The minimum atomic E-state index is -0.0810. The van der Waals surface area contributed by atoms with E-state index in [2.05, 4.69) is 5.32 Å². The van der Waals surface area contributed by atoms with E-state index in [0.717, 1.165) is 4.90 Å². The van der Waals surface area contributed by atoms with Gasteiger partial charge in [-0.15, -0.1) is 11.8 Å². The molecule has 0 atom stereocenters. The van der Waals surface area contributed by atoms with Crippen molar-refractivity contribution in [2.45, 2.75) is 11.8 Å². The number of nitrogens with one attached hydrogen (secondary N) is 1.